The lowest BCUT2D eigenvalue weighted by atomic mass is 9.94. The number of amides is 2. The molecule has 1 aromatic carbocycles. The second-order valence-electron chi connectivity index (χ2n) is 13.2. The van der Waals surface area contributed by atoms with E-state index in [0.29, 0.717) is 25.9 Å². The largest absolute Gasteiger partial charge is 0.444 e. The van der Waals surface area contributed by atoms with Crippen LogP contribution in [0.5, 0.6) is 0 Å². The van der Waals surface area contributed by atoms with Crippen LogP contribution in [0.25, 0.3) is 0 Å². The number of ether oxygens (including phenoxy) is 1. The van der Waals surface area contributed by atoms with Crippen molar-refractivity contribution in [2.24, 2.45) is 0 Å². The Morgan fingerprint density at radius 2 is 1.72 bits per heavy atom. The lowest BCUT2D eigenvalue weighted by Crippen LogP contribution is -2.45. The van der Waals surface area contributed by atoms with Gasteiger partial charge in [-0.25, -0.2) is 27.9 Å². The van der Waals surface area contributed by atoms with E-state index in [0.717, 1.165) is 18.2 Å². The molecule has 5 rings (SSSR count). The molecule has 3 aromatic rings. The molecular weight excluding hydrogens is 605 g/mol. The number of alkyl halides is 1. The number of anilines is 2. The minimum atomic E-state index is -1.71. The highest BCUT2D eigenvalue weighted by molar-refractivity contribution is 5.93. The third kappa shape index (κ3) is 7.50. The molecular formula is C31H39F3N8O4. The predicted molar refractivity (Wildman–Crippen MR) is 162 cm³/mol. The molecule has 4 heterocycles. The van der Waals surface area contributed by atoms with Gasteiger partial charge < -0.3 is 29.3 Å². The van der Waals surface area contributed by atoms with Crippen molar-refractivity contribution in [1.29, 1.82) is 0 Å². The van der Waals surface area contributed by atoms with Crippen LogP contribution < -0.4 is 15.1 Å². The molecule has 2 aliphatic heterocycles. The smallest absolute Gasteiger partial charge is 0.407 e. The highest BCUT2D eigenvalue weighted by atomic mass is 19.1. The van der Waals surface area contributed by atoms with Gasteiger partial charge in [-0.05, 0) is 71.2 Å². The van der Waals surface area contributed by atoms with Gasteiger partial charge in [-0.1, -0.05) is 5.16 Å². The van der Waals surface area contributed by atoms with E-state index in [1.165, 1.54) is 26.2 Å². The number of carbonyl (C=O) groups is 2. The highest BCUT2D eigenvalue weighted by Gasteiger charge is 2.39. The second-order valence-corrected chi connectivity index (χ2v) is 13.2. The maximum Gasteiger partial charge on any atom is 0.407 e. The SMILES string of the molecule is CN(C(=O)c1cnc(N2C[C@H](NC(=O)OC(C)(C)C)[C@@H](c3cc(F)ccc3F)C2)nc1)C1CCN(c2nc(C(C)(C)F)no2)CC1. The van der Waals surface area contributed by atoms with E-state index in [4.69, 9.17) is 9.26 Å². The summed E-state index contributed by atoms with van der Waals surface area (Å²) in [5, 5.41) is 6.53. The predicted octanol–water partition coefficient (Wildman–Crippen LogP) is 4.58. The van der Waals surface area contributed by atoms with Crippen molar-refractivity contribution in [1.82, 2.24) is 30.3 Å². The number of hydrogen-bond donors (Lipinski definition) is 1. The van der Waals surface area contributed by atoms with Crippen LogP contribution in [0.15, 0.2) is 35.1 Å². The third-order valence-electron chi connectivity index (χ3n) is 8.10. The fraction of sp³-hybridized carbons (Fsp3) is 0.548. The summed E-state index contributed by atoms with van der Waals surface area (Å²) < 4.78 is 53.7. The summed E-state index contributed by atoms with van der Waals surface area (Å²) in [6, 6.07) is 2.78. The average molecular weight is 645 g/mol. The Hall–Kier alpha value is -4.43. The summed E-state index contributed by atoms with van der Waals surface area (Å²) >= 11 is 0. The normalized spacial score (nSPS) is 19.3. The molecule has 0 spiro atoms. The summed E-state index contributed by atoms with van der Waals surface area (Å²) in [5.74, 6) is -1.80. The molecule has 1 N–H and O–H groups in total. The molecule has 2 fully saturated rings. The number of halogens is 3. The molecule has 12 nitrogen and oxygen atoms in total. The Morgan fingerprint density at radius 1 is 1.04 bits per heavy atom. The molecule has 15 heteroatoms. The summed E-state index contributed by atoms with van der Waals surface area (Å²) in [6.07, 6.45) is 3.45. The zero-order valence-electron chi connectivity index (χ0n) is 26.8. The summed E-state index contributed by atoms with van der Waals surface area (Å²) in [6.45, 7) is 9.41. The standard InChI is InChI=1S/C31H39F3N8O4/c1-30(2,3)45-29(44)37-24-17-42(16-22(24)21-13-19(32)7-8-23(21)33)27-35-14-18(15-36-27)25(43)40(6)20-9-11-41(12-10-20)28-38-26(39-46-28)31(4,5)34/h7-8,13-15,20,22,24H,9-12,16-17H2,1-6H3,(H,37,44)/t22-,24+/m1/s1. The van der Waals surface area contributed by atoms with E-state index in [-0.39, 0.29) is 54.0 Å². The van der Waals surface area contributed by atoms with Crippen LogP contribution in [0.1, 0.15) is 75.1 Å². The first-order chi connectivity index (χ1) is 21.6. The number of hydrogen-bond acceptors (Lipinski definition) is 10. The maximum absolute atomic E-state index is 14.8. The zero-order valence-corrected chi connectivity index (χ0v) is 26.8. The fourth-order valence-corrected chi connectivity index (χ4v) is 5.68. The van der Waals surface area contributed by atoms with Crippen molar-refractivity contribution >= 4 is 24.0 Å². The zero-order chi connectivity index (χ0) is 33.4. The van der Waals surface area contributed by atoms with Crippen LogP contribution in [-0.2, 0) is 10.4 Å². The minimum absolute atomic E-state index is 0.0132. The van der Waals surface area contributed by atoms with Crippen molar-refractivity contribution in [2.45, 2.75) is 76.7 Å². The van der Waals surface area contributed by atoms with Gasteiger partial charge in [-0.15, -0.1) is 0 Å². The van der Waals surface area contributed by atoms with Crippen LogP contribution in [-0.4, -0.2) is 87.9 Å². The van der Waals surface area contributed by atoms with Crippen LogP contribution in [0, 0.1) is 11.6 Å². The van der Waals surface area contributed by atoms with Gasteiger partial charge in [0.1, 0.15) is 17.2 Å². The van der Waals surface area contributed by atoms with Crippen LogP contribution in [0.4, 0.5) is 29.9 Å². The maximum atomic E-state index is 14.8. The van der Waals surface area contributed by atoms with Gasteiger partial charge in [0, 0.05) is 57.6 Å². The van der Waals surface area contributed by atoms with Gasteiger partial charge in [0.05, 0.1) is 11.6 Å². The molecule has 2 atom stereocenters. The Balaban J connectivity index is 1.23. The van der Waals surface area contributed by atoms with Gasteiger partial charge in [0.2, 0.25) is 11.8 Å². The number of nitrogens with one attached hydrogen (secondary N) is 1. The molecule has 2 amide bonds. The lowest BCUT2D eigenvalue weighted by molar-refractivity contribution is 0.0504. The average Bonchev–Trinajstić information content (AvgIpc) is 3.65. The first-order valence-electron chi connectivity index (χ1n) is 15.2. The molecule has 248 valence electrons. The Labute approximate surface area is 265 Å². The fourth-order valence-electron chi connectivity index (χ4n) is 5.68. The lowest BCUT2D eigenvalue weighted by Gasteiger charge is -2.35. The van der Waals surface area contributed by atoms with E-state index in [9.17, 15) is 22.8 Å². The van der Waals surface area contributed by atoms with Crippen LogP contribution in [0.2, 0.25) is 0 Å². The van der Waals surface area contributed by atoms with Crippen molar-refractivity contribution < 1.29 is 32.0 Å². The Kier molecular flexibility index (Phi) is 9.14. The molecule has 0 aliphatic carbocycles. The van der Waals surface area contributed by atoms with Crippen LogP contribution >= 0.6 is 0 Å². The molecule has 46 heavy (non-hydrogen) atoms. The van der Waals surface area contributed by atoms with E-state index in [1.807, 2.05) is 4.90 Å². The van der Waals surface area contributed by atoms with E-state index in [2.05, 4.69) is 25.4 Å². The molecule has 0 radical (unpaired) electrons. The van der Waals surface area contributed by atoms with Crippen molar-refractivity contribution in [3.8, 4) is 0 Å². The topological polar surface area (TPSA) is 130 Å². The van der Waals surface area contributed by atoms with E-state index < -0.39 is 41.0 Å². The van der Waals surface area contributed by atoms with Gasteiger partial charge in [-0.2, -0.15) is 4.98 Å². The number of carbonyl (C=O) groups excluding carboxylic acids is 2. The number of piperidine rings is 1. The van der Waals surface area contributed by atoms with E-state index >= 15 is 0 Å². The number of aromatic nitrogens is 4. The van der Waals surface area contributed by atoms with Gasteiger partial charge in [0.25, 0.3) is 5.91 Å². The van der Waals surface area contributed by atoms with Crippen molar-refractivity contribution in [2.75, 3.05) is 43.0 Å². The third-order valence-corrected chi connectivity index (χ3v) is 8.10. The molecule has 0 bridgehead atoms. The molecule has 0 unspecified atom stereocenters. The van der Waals surface area contributed by atoms with Crippen molar-refractivity contribution in [3.05, 3.63) is 59.2 Å². The summed E-state index contributed by atoms with van der Waals surface area (Å²) in [5.41, 5.74) is -2.05. The van der Waals surface area contributed by atoms with E-state index in [1.54, 1.807) is 37.6 Å². The monoisotopic (exact) mass is 644 g/mol. The van der Waals surface area contributed by atoms with Gasteiger partial charge >= 0.3 is 12.1 Å². The number of rotatable bonds is 7. The minimum Gasteiger partial charge on any atom is -0.444 e. The molecule has 2 aliphatic rings. The first kappa shape index (κ1) is 32.9. The highest BCUT2D eigenvalue weighted by Crippen LogP contribution is 2.32. The number of alkyl carbamates (subject to hydrolysis) is 1. The Bertz CT molecular complexity index is 1550. The quantitative estimate of drug-likeness (QED) is 0.390. The van der Waals surface area contributed by atoms with Crippen molar-refractivity contribution in [3.63, 3.8) is 0 Å². The Morgan fingerprint density at radius 3 is 2.33 bits per heavy atom. The first-order valence-corrected chi connectivity index (χ1v) is 15.2. The molecule has 2 saturated heterocycles. The van der Waals surface area contributed by atoms with Gasteiger partial charge in [0.15, 0.2) is 5.67 Å². The molecule has 2 aromatic heterocycles. The summed E-state index contributed by atoms with van der Waals surface area (Å²) in [7, 11) is 1.72. The molecule has 0 saturated carbocycles. The van der Waals surface area contributed by atoms with Crippen LogP contribution in [0.3, 0.4) is 0 Å². The number of nitrogens with zero attached hydrogens (tertiary/aromatic N) is 7. The summed E-state index contributed by atoms with van der Waals surface area (Å²) in [4.78, 5) is 44.2. The second kappa shape index (κ2) is 12.8. The van der Waals surface area contributed by atoms with Gasteiger partial charge in [-0.3, -0.25) is 4.79 Å². The number of benzene rings is 1.